The Morgan fingerprint density at radius 1 is 1.17 bits per heavy atom. The van der Waals surface area contributed by atoms with Crippen LogP contribution in [-0.2, 0) is 11.3 Å². The molecule has 0 radical (unpaired) electrons. The zero-order valence-corrected chi connectivity index (χ0v) is 20.0. The van der Waals surface area contributed by atoms with E-state index < -0.39 is 0 Å². The molecular formula is C23H24IN3OS. The van der Waals surface area contributed by atoms with E-state index in [1.807, 2.05) is 12.1 Å². The molecule has 0 bridgehead atoms. The number of benzene rings is 2. The second kappa shape index (κ2) is 8.75. The fourth-order valence-corrected chi connectivity index (χ4v) is 4.78. The SMILES string of the molecule is CC[n+]1c(/C=C2\Sc3cc(NC(C)=O)ccc3N2C)ccc2cc(C)ccc21.[I-]. The van der Waals surface area contributed by atoms with E-state index >= 15 is 0 Å². The first-order valence-electron chi connectivity index (χ1n) is 9.44. The van der Waals surface area contributed by atoms with E-state index in [9.17, 15) is 4.79 Å². The summed E-state index contributed by atoms with van der Waals surface area (Å²) in [5.41, 5.74) is 5.70. The average molecular weight is 517 g/mol. The molecule has 150 valence electrons. The van der Waals surface area contributed by atoms with E-state index in [1.54, 1.807) is 11.8 Å². The van der Waals surface area contributed by atoms with Gasteiger partial charge in [0, 0.05) is 48.1 Å². The molecule has 1 aromatic heterocycles. The lowest BCUT2D eigenvalue weighted by molar-refractivity contribution is -0.669. The molecule has 1 amide bonds. The highest BCUT2D eigenvalue weighted by Gasteiger charge is 2.24. The van der Waals surface area contributed by atoms with Crippen molar-refractivity contribution in [2.75, 3.05) is 17.3 Å². The van der Waals surface area contributed by atoms with Gasteiger partial charge in [-0.25, -0.2) is 0 Å². The van der Waals surface area contributed by atoms with Gasteiger partial charge in [0.05, 0.1) is 10.7 Å². The molecule has 2 heterocycles. The molecule has 0 unspecified atom stereocenters. The monoisotopic (exact) mass is 517 g/mol. The van der Waals surface area contributed by atoms with Gasteiger partial charge in [0.2, 0.25) is 17.1 Å². The maximum atomic E-state index is 11.3. The number of carbonyl (C=O) groups excluding carboxylic acids is 1. The van der Waals surface area contributed by atoms with Crippen LogP contribution in [0.25, 0.3) is 17.0 Å². The van der Waals surface area contributed by atoms with Crippen molar-refractivity contribution in [3.8, 4) is 0 Å². The third kappa shape index (κ3) is 4.28. The number of thioether (sulfide) groups is 1. The Bertz CT molecular complexity index is 1130. The smallest absolute Gasteiger partial charge is 0.221 e. The molecule has 1 aliphatic rings. The molecule has 1 aliphatic heterocycles. The third-order valence-electron chi connectivity index (χ3n) is 4.99. The maximum absolute atomic E-state index is 11.3. The summed E-state index contributed by atoms with van der Waals surface area (Å²) in [6.07, 6.45) is 2.24. The van der Waals surface area contributed by atoms with Crippen LogP contribution in [0, 0.1) is 6.92 Å². The summed E-state index contributed by atoms with van der Waals surface area (Å²) in [6, 6.07) is 17.0. The molecule has 0 saturated carbocycles. The lowest BCUT2D eigenvalue weighted by Gasteiger charge is -2.13. The van der Waals surface area contributed by atoms with Gasteiger partial charge < -0.3 is 34.2 Å². The van der Waals surface area contributed by atoms with E-state index in [2.05, 4.69) is 78.2 Å². The van der Waals surface area contributed by atoms with Crippen molar-refractivity contribution in [2.45, 2.75) is 32.2 Å². The Morgan fingerprint density at radius 2 is 1.97 bits per heavy atom. The first-order chi connectivity index (χ1) is 13.5. The number of anilines is 2. The van der Waals surface area contributed by atoms with Crippen LogP contribution < -0.4 is 38.8 Å². The van der Waals surface area contributed by atoms with E-state index in [1.165, 1.54) is 34.1 Å². The van der Waals surface area contributed by atoms with Crippen molar-refractivity contribution in [3.63, 3.8) is 0 Å². The summed E-state index contributed by atoms with van der Waals surface area (Å²) >= 11 is 1.73. The standard InChI is InChI=1S/C23H23N3OS.HI/c1-5-26-19(9-7-17-12-15(2)6-10-20(17)26)14-23-25(4)21-11-8-18(24-16(3)27)13-22(21)28-23;/h6-14H,5H2,1-4H3;1H. The minimum Gasteiger partial charge on any atom is -1.00 e. The highest BCUT2D eigenvalue weighted by atomic mass is 127. The predicted molar refractivity (Wildman–Crippen MR) is 118 cm³/mol. The minimum atomic E-state index is -0.0533. The number of aryl methyl sites for hydroxylation is 2. The van der Waals surface area contributed by atoms with Gasteiger partial charge in [0.15, 0.2) is 0 Å². The Morgan fingerprint density at radius 3 is 2.69 bits per heavy atom. The molecule has 29 heavy (non-hydrogen) atoms. The first kappa shape index (κ1) is 21.6. The summed E-state index contributed by atoms with van der Waals surface area (Å²) in [5, 5.41) is 5.30. The van der Waals surface area contributed by atoms with E-state index in [0.717, 1.165) is 22.8 Å². The number of pyridine rings is 1. The zero-order chi connectivity index (χ0) is 19.8. The first-order valence-corrected chi connectivity index (χ1v) is 10.3. The molecule has 0 spiro atoms. The van der Waals surface area contributed by atoms with Gasteiger partial charge >= 0.3 is 0 Å². The summed E-state index contributed by atoms with van der Waals surface area (Å²) in [7, 11) is 2.09. The van der Waals surface area contributed by atoms with Crippen LogP contribution in [0.4, 0.5) is 11.4 Å². The molecule has 0 fully saturated rings. The summed E-state index contributed by atoms with van der Waals surface area (Å²) in [6.45, 7) is 6.75. The quantitative estimate of drug-likeness (QED) is 0.427. The molecule has 0 aliphatic carbocycles. The third-order valence-corrected chi connectivity index (χ3v) is 6.14. The van der Waals surface area contributed by atoms with Crippen LogP contribution >= 0.6 is 11.8 Å². The fourth-order valence-electron chi connectivity index (χ4n) is 3.64. The van der Waals surface area contributed by atoms with Crippen LogP contribution in [0.1, 0.15) is 25.1 Å². The van der Waals surface area contributed by atoms with Crippen LogP contribution in [0.2, 0.25) is 0 Å². The van der Waals surface area contributed by atoms with Crippen molar-refractivity contribution < 1.29 is 33.3 Å². The summed E-state index contributed by atoms with van der Waals surface area (Å²) < 4.78 is 2.35. The fraction of sp³-hybridized carbons (Fsp3) is 0.217. The Hall–Kier alpha value is -2.06. The van der Waals surface area contributed by atoms with Gasteiger partial charge in [0.1, 0.15) is 6.54 Å². The molecule has 1 N–H and O–H groups in total. The maximum Gasteiger partial charge on any atom is 0.221 e. The Balaban J connectivity index is 0.00000240. The molecular weight excluding hydrogens is 493 g/mol. The van der Waals surface area contributed by atoms with Crippen LogP contribution in [0.15, 0.2) is 58.5 Å². The largest absolute Gasteiger partial charge is 1.00 e. The van der Waals surface area contributed by atoms with Gasteiger partial charge in [-0.1, -0.05) is 23.4 Å². The van der Waals surface area contributed by atoms with E-state index in [4.69, 9.17) is 0 Å². The van der Waals surface area contributed by atoms with Crippen LogP contribution in [0.5, 0.6) is 0 Å². The number of nitrogens with zero attached hydrogens (tertiary/aromatic N) is 2. The lowest BCUT2D eigenvalue weighted by Crippen LogP contribution is -3.00. The number of rotatable bonds is 3. The van der Waals surface area contributed by atoms with Gasteiger partial charge in [-0.15, -0.1) is 0 Å². The van der Waals surface area contributed by atoms with Crippen LogP contribution in [0.3, 0.4) is 0 Å². The molecule has 6 heteroatoms. The number of hydrogen-bond acceptors (Lipinski definition) is 3. The number of fused-ring (bicyclic) bond motifs is 2. The lowest BCUT2D eigenvalue weighted by atomic mass is 10.1. The highest BCUT2D eigenvalue weighted by molar-refractivity contribution is 8.03. The molecule has 0 saturated heterocycles. The van der Waals surface area contributed by atoms with Crippen molar-refractivity contribution in [2.24, 2.45) is 0 Å². The number of nitrogens with one attached hydrogen (secondary N) is 1. The van der Waals surface area contributed by atoms with Gasteiger partial charge in [-0.05, 0) is 44.2 Å². The van der Waals surface area contributed by atoms with Crippen LogP contribution in [-0.4, -0.2) is 13.0 Å². The number of halogens is 1. The molecule has 0 atom stereocenters. The van der Waals surface area contributed by atoms with Gasteiger partial charge in [0.25, 0.3) is 0 Å². The summed E-state index contributed by atoms with van der Waals surface area (Å²) in [5.74, 6) is -0.0533. The number of carbonyl (C=O) groups is 1. The van der Waals surface area contributed by atoms with E-state index in [-0.39, 0.29) is 29.9 Å². The predicted octanol–water partition coefficient (Wildman–Crippen LogP) is 1.96. The molecule has 4 nitrogen and oxygen atoms in total. The zero-order valence-electron chi connectivity index (χ0n) is 17.0. The number of aromatic nitrogens is 1. The number of hydrogen-bond donors (Lipinski definition) is 1. The van der Waals surface area contributed by atoms with E-state index in [0.29, 0.717) is 0 Å². The van der Waals surface area contributed by atoms with Crippen molar-refractivity contribution >= 4 is 46.0 Å². The average Bonchev–Trinajstić information content (AvgIpc) is 2.96. The van der Waals surface area contributed by atoms with Crippen molar-refractivity contribution in [1.29, 1.82) is 0 Å². The summed E-state index contributed by atoms with van der Waals surface area (Å²) in [4.78, 5) is 14.7. The second-order valence-electron chi connectivity index (χ2n) is 7.07. The highest BCUT2D eigenvalue weighted by Crippen LogP contribution is 2.46. The van der Waals surface area contributed by atoms with Gasteiger partial charge in [-0.3, -0.25) is 4.79 Å². The Labute approximate surface area is 193 Å². The normalized spacial score (nSPS) is 14.1. The minimum absolute atomic E-state index is 0. The van der Waals surface area contributed by atoms with Crippen molar-refractivity contribution in [1.82, 2.24) is 0 Å². The van der Waals surface area contributed by atoms with Gasteiger partial charge in [-0.2, -0.15) is 4.57 Å². The van der Waals surface area contributed by atoms with Crippen molar-refractivity contribution in [3.05, 3.63) is 64.8 Å². The Kier molecular flexibility index (Phi) is 6.53. The molecule has 2 aromatic carbocycles. The second-order valence-corrected chi connectivity index (χ2v) is 8.13. The topological polar surface area (TPSA) is 36.2 Å². The molecule has 3 aromatic rings. The molecule has 4 rings (SSSR count). The number of amides is 1.